The van der Waals surface area contributed by atoms with Crippen LogP contribution in [-0.4, -0.2) is 25.1 Å². The monoisotopic (exact) mass is 271 g/mol. The van der Waals surface area contributed by atoms with Crippen molar-refractivity contribution in [1.82, 2.24) is 10.3 Å². The minimum absolute atomic E-state index is 0.809. The van der Waals surface area contributed by atoms with Crippen LogP contribution in [-0.2, 0) is 6.54 Å². The highest BCUT2D eigenvalue weighted by atomic mass is 15.2. The normalized spacial score (nSPS) is 10.9. The van der Waals surface area contributed by atoms with E-state index < -0.39 is 0 Å². The molecule has 1 aromatic heterocycles. The second-order valence-electron chi connectivity index (χ2n) is 5.12. The van der Waals surface area contributed by atoms with Crippen molar-refractivity contribution in [2.75, 3.05) is 25.0 Å². The standard InChI is InChI=1S/C17H25N3/c1-4-6-11-20(5-2)17-16-10-8-7-9-14(16)12-15(19-17)13-18-3/h7-10,12,18H,4-6,11,13H2,1-3H3. The summed E-state index contributed by atoms with van der Waals surface area (Å²) in [4.78, 5) is 7.27. The average molecular weight is 271 g/mol. The van der Waals surface area contributed by atoms with Crippen LogP contribution < -0.4 is 10.2 Å². The molecule has 0 radical (unpaired) electrons. The van der Waals surface area contributed by atoms with Crippen molar-refractivity contribution in [3.63, 3.8) is 0 Å². The molecule has 2 aromatic rings. The maximum Gasteiger partial charge on any atom is 0.136 e. The summed E-state index contributed by atoms with van der Waals surface area (Å²) >= 11 is 0. The minimum Gasteiger partial charge on any atom is -0.356 e. The molecule has 0 bridgehead atoms. The summed E-state index contributed by atoms with van der Waals surface area (Å²) in [5, 5.41) is 5.73. The van der Waals surface area contributed by atoms with Gasteiger partial charge in [0, 0.05) is 25.0 Å². The van der Waals surface area contributed by atoms with Gasteiger partial charge in [0.1, 0.15) is 5.82 Å². The van der Waals surface area contributed by atoms with Gasteiger partial charge in [-0.2, -0.15) is 0 Å². The topological polar surface area (TPSA) is 28.2 Å². The molecule has 0 fully saturated rings. The van der Waals surface area contributed by atoms with Gasteiger partial charge in [0.2, 0.25) is 0 Å². The van der Waals surface area contributed by atoms with Crippen molar-refractivity contribution < 1.29 is 0 Å². The number of fused-ring (bicyclic) bond motifs is 1. The fourth-order valence-corrected chi connectivity index (χ4v) is 2.51. The fraction of sp³-hybridized carbons (Fsp3) is 0.471. The molecule has 0 spiro atoms. The molecular formula is C17H25N3. The smallest absolute Gasteiger partial charge is 0.136 e. The molecule has 0 amide bonds. The van der Waals surface area contributed by atoms with E-state index in [0.29, 0.717) is 0 Å². The van der Waals surface area contributed by atoms with Gasteiger partial charge in [-0.3, -0.25) is 0 Å². The largest absolute Gasteiger partial charge is 0.356 e. The quantitative estimate of drug-likeness (QED) is 0.834. The minimum atomic E-state index is 0.809. The van der Waals surface area contributed by atoms with E-state index in [9.17, 15) is 0 Å². The first-order valence-electron chi connectivity index (χ1n) is 7.58. The number of unbranched alkanes of at least 4 members (excludes halogenated alkanes) is 1. The van der Waals surface area contributed by atoms with E-state index in [1.54, 1.807) is 0 Å². The lowest BCUT2D eigenvalue weighted by atomic mass is 10.1. The van der Waals surface area contributed by atoms with Crippen LogP contribution in [0.3, 0.4) is 0 Å². The van der Waals surface area contributed by atoms with E-state index >= 15 is 0 Å². The van der Waals surface area contributed by atoms with Gasteiger partial charge in [0.25, 0.3) is 0 Å². The molecule has 1 N–H and O–H groups in total. The van der Waals surface area contributed by atoms with Crippen LogP contribution in [0.4, 0.5) is 5.82 Å². The van der Waals surface area contributed by atoms with Crippen molar-refractivity contribution in [3.05, 3.63) is 36.0 Å². The summed E-state index contributed by atoms with van der Waals surface area (Å²) in [6.45, 7) is 7.32. The average Bonchev–Trinajstić information content (AvgIpc) is 2.48. The molecule has 0 saturated carbocycles. The first-order chi connectivity index (χ1) is 9.80. The number of anilines is 1. The molecule has 0 aliphatic rings. The Kier molecular flexibility index (Phi) is 5.36. The van der Waals surface area contributed by atoms with Crippen LogP contribution in [0.15, 0.2) is 30.3 Å². The summed E-state index contributed by atoms with van der Waals surface area (Å²) in [5.74, 6) is 1.13. The van der Waals surface area contributed by atoms with Crippen LogP contribution in [0.1, 0.15) is 32.4 Å². The predicted molar refractivity (Wildman–Crippen MR) is 87.3 cm³/mol. The molecule has 0 aliphatic heterocycles. The highest BCUT2D eigenvalue weighted by Crippen LogP contribution is 2.26. The maximum atomic E-state index is 4.88. The Labute approximate surface area is 122 Å². The molecule has 0 saturated heterocycles. The second kappa shape index (κ2) is 7.25. The molecule has 108 valence electrons. The second-order valence-corrected chi connectivity index (χ2v) is 5.12. The van der Waals surface area contributed by atoms with E-state index in [4.69, 9.17) is 4.98 Å². The molecule has 2 rings (SSSR count). The van der Waals surface area contributed by atoms with Crippen LogP contribution in [0.25, 0.3) is 10.8 Å². The molecule has 0 atom stereocenters. The Hall–Kier alpha value is -1.61. The number of nitrogens with one attached hydrogen (secondary N) is 1. The van der Waals surface area contributed by atoms with Crippen molar-refractivity contribution in [3.8, 4) is 0 Å². The molecule has 3 nitrogen and oxygen atoms in total. The highest BCUT2D eigenvalue weighted by molar-refractivity contribution is 5.92. The van der Waals surface area contributed by atoms with Crippen LogP contribution in [0.5, 0.6) is 0 Å². The molecule has 1 aromatic carbocycles. The Balaban J connectivity index is 2.47. The number of hydrogen-bond acceptors (Lipinski definition) is 3. The summed E-state index contributed by atoms with van der Waals surface area (Å²) in [6.07, 6.45) is 2.42. The Morgan fingerprint density at radius 3 is 2.70 bits per heavy atom. The number of nitrogens with zero attached hydrogens (tertiary/aromatic N) is 2. The molecule has 20 heavy (non-hydrogen) atoms. The Morgan fingerprint density at radius 1 is 1.20 bits per heavy atom. The van der Waals surface area contributed by atoms with Gasteiger partial charge in [0.05, 0.1) is 5.69 Å². The molecular weight excluding hydrogens is 246 g/mol. The van der Waals surface area contributed by atoms with Crippen LogP contribution in [0, 0.1) is 0 Å². The Bertz CT molecular complexity index is 551. The van der Waals surface area contributed by atoms with E-state index in [-0.39, 0.29) is 0 Å². The van der Waals surface area contributed by atoms with Crippen LogP contribution in [0.2, 0.25) is 0 Å². The van der Waals surface area contributed by atoms with E-state index in [0.717, 1.165) is 31.1 Å². The van der Waals surface area contributed by atoms with E-state index in [2.05, 4.69) is 54.4 Å². The number of aromatic nitrogens is 1. The lowest BCUT2D eigenvalue weighted by molar-refractivity contribution is 0.720. The summed E-state index contributed by atoms with van der Waals surface area (Å²) in [5.41, 5.74) is 1.11. The lowest BCUT2D eigenvalue weighted by Crippen LogP contribution is -2.25. The fourth-order valence-electron chi connectivity index (χ4n) is 2.51. The highest BCUT2D eigenvalue weighted by Gasteiger charge is 2.11. The lowest BCUT2D eigenvalue weighted by Gasteiger charge is -2.24. The summed E-state index contributed by atoms with van der Waals surface area (Å²) < 4.78 is 0. The van der Waals surface area contributed by atoms with Crippen LogP contribution >= 0.6 is 0 Å². The molecule has 1 heterocycles. The Morgan fingerprint density at radius 2 is 2.00 bits per heavy atom. The zero-order valence-corrected chi connectivity index (χ0v) is 12.8. The third-order valence-corrected chi connectivity index (χ3v) is 3.59. The number of pyridine rings is 1. The van der Waals surface area contributed by atoms with Crippen molar-refractivity contribution in [2.24, 2.45) is 0 Å². The van der Waals surface area contributed by atoms with Crippen molar-refractivity contribution >= 4 is 16.6 Å². The number of hydrogen-bond donors (Lipinski definition) is 1. The van der Waals surface area contributed by atoms with Gasteiger partial charge < -0.3 is 10.2 Å². The third kappa shape index (κ3) is 3.28. The maximum absolute atomic E-state index is 4.88. The van der Waals surface area contributed by atoms with Gasteiger partial charge in [0.15, 0.2) is 0 Å². The van der Waals surface area contributed by atoms with Crippen molar-refractivity contribution in [2.45, 2.75) is 33.2 Å². The third-order valence-electron chi connectivity index (χ3n) is 3.59. The van der Waals surface area contributed by atoms with Gasteiger partial charge in [-0.1, -0.05) is 37.6 Å². The number of rotatable bonds is 7. The summed E-state index contributed by atoms with van der Waals surface area (Å²) in [6, 6.07) is 10.7. The predicted octanol–water partition coefficient (Wildman–Crippen LogP) is 3.58. The zero-order valence-electron chi connectivity index (χ0n) is 12.8. The first kappa shape index (κ1) is 14.8. The van der Waals surface area contributed by atoms with E-state index in [1.807, 2.05) is 7.05 Å². The molecule has 0 aliphatic carbocycles. The van der Waals surface area contributed by atoms with Gasteiger partial charge in [-0.15, -0.1) is 0 Å². The molecule has 0 unspecified atom stereocenters. The van der Waals surface area contributed by atoms with E-state index in [1.165, 1.54) is 23.6 Å². The SMILES string of the molecule is CCCCN(CC)c1nc(CNC)cc2ccccc12. The molecule has 3 heteroatoms. The zero-order chi connectivity index (χ0) is 14.4. The first-order valence-corrected chi connectivity index (χ1v) is 7.58. The van der Waals surface area contributed by atoms with Gasteiger partial charge in [-0.25, -0.2) is 4.98 Å². The number of benzene rings is 1. The van der Waals surface area contributed by atoms with Crippen molar-refractivity contribution in [1.29, 1.82) is 0 Å². The summed E-state index contributed by atoms with van der Waals surface area (Å²) in [7, 11) is 1.96. The van der Waals surface area contributed by atoms with Gasteiger partial charge in [-0.05, 0) is 31.8 Å². The van der Waals surface area contributed by atoms with Gasteiger partial charge >= 0.3 is 0 Å².